The van der Waals surface area contributed by atoms with Gasteiger partial charge in [0.2, 0.25) is 0 Å². The highest BCUT2D eigenvalue weighted by molar-refractivity contribution is 5.77. The van der Waals surface area contributed by atoms with Gasteiger partial charge in [0.25, 0.3) is 5.91 Å². The van der Waals surface area contributed by atoms with Gasteiger partial charge in [-0.05, 0) is 31.2 Å². The fourth-order valence-electron chi connectivity index (χ4n) is 2.02. The van der Waals surface area contributed by atoms with Gasteiger partial charge in [0.15, 0.2) is 6.61 Å². The molecule has 2 heterocycles. The van der Waals surface area contributed by atoms with Crippen LogP contribution in [0, 0.1) is 6.92 Å². The van der Waals surface area contributed by atoms with E-state index in [1.54, 1.807) is 23.3 Å². The summed E-state index contributed by atoms with van der Waals surface area (Å²) in [6, 6.07) is 11.2. The maximum Gasteiger partial charge on any atom is 0.258 e. The number of ether oxygens (including phenoxy) is 1. The van der Waals surface area contributed by atoms with Crippen molar-refractivity contribution in [3.63, 3.8) is 0 Å². The minimum absolute atomic E-state index is 0.0419. The number of hydrogen-bond acceptors (Lipinski definition) is 5. The Morgan fingerprint density at radius 2 is 2.08 bits per heavy atom. The Morgan fingerprint density at radius 3 is 2.83 bits per heavy atom. The van der Waals surface area contributed by atoms with Gasteiger partial charge in [-0.3, -0.25) is 9.78 Å². The molecule has 0 aliphatic carbocycles. The molecular formula is C17H17N5O2. The van der Waals surface area contributed by atoms with E-state index in [4.69, 9.17) is 4.74 Å². The molecule has 0 saturated heterocycles. The molecule has 1 N–H and O–H groups in total. The number of rotatable bonds is 6. The summed E-state index contributed by atoms with van der Waals surface area (Å²) in [7, 11) is 0. The molecule has 122 valence electrons. The Kier molecular flexibility index (Phi) is 4.81. The minimum Gasteiger partial charge on any atom is -0.484 e. The lowest BCUT2D eigenvalue weighted by Crippen LogP contribution is -2.28. The second-order valence-corrected chi connectivity index (χ2v) is 5.24. The topological polar surface area (TPSA) is 81.9 Å². The van der Waals surface area contributed by atoms with Gasteiger partial charge < -0.3 is 10.1 Å². The van der Waals surface area contributed by atoms with Crippen LogP contribution < -0.4 is 10.1 Å². The zero-order valence-corrected chi connectivity index (χ0v) is 13.2. The van der Waals surface area contributed by atoms with E-state index in [1.807, 2.05) is 43.3 Å². The van der Waals surface area contributed by atoms with Crippen molar-refractivity contribution in [2.75, 3.05) is 6.61 Å². The molecule has 24 heavy (non-hydrogen) atoms. The Balaban J connectivity index is 1.48. The summed E-state index contributed by atoms with van der Waals surface area (Å²) >= 11 is 0. The number of aromatic nitrogens is 4. The maximum absolute atomic E-state index is 11.8. The monoisotopic (exact) mass is 323 g/mol. The van der Waals surface area contributed by atoms with Gasteiger partial charge in [-0.2, -0.15) is 0 Å². The second-order valence-electron chi connectivity index (χ2n) is 5.24. The van der Waals surface area contributed by atoms with E-state index >= 15 is 0 Å². The van der Waals surface area contributed by atoms with E-state index in [9.17, 15) is 4.79 Å². The van der Waals surface area contributed by atoms with E-state index in [2.05, 4.69) is 20.6 Å². The number of pyridine rings is 1. The van der Waals surface area contributed by atoms with Crippen molar-refractivity contribution in [3.8, 4) is 11.4 Å². The van der Waals surface area contributed by atoms with Crippen LogP contribution in [0.2, 0.25) is 0 Å². The fraction of sp³-hybridized carbons (Fsp3) is 0.176. The molecule has 0 fully saturated rings. The number of nitrogens with one attached hydrogen (secondary N) is 1. The molecular weight excluding hydrogens is 306 g/mol. The van der Waals surface area contributed by atoms with Crippen LogP contribution in [0.5, 0.6) is 5.75 Å². The number of carbonyl (C=O) groups excluding carboxylic acids is 1. The van der Waals surface area contributed by atoms with Crippen LogP contribution in [0.4, 0.5) is 0 Å². The highest BCUT2D eigenvalue weighted by atomic mass is 16.5. The van der Waals surface area contributed by atoms with Crippen LogP contribution in [-0.4, -0.2) is 32.5 Å². The molecule has 1 aromatic carbocycles. The average Bonchev–Trinajstić information content (AvgIpc) is 3.09. The van der Waals surface area contributed by atoms with Crippen molar-refractivity contribution in [1.29, 1.82) is 0 Å². The lowest BCUT2D eigenvalue weighted by atomic mass is 10.2. The Labute approximate surface area is 139 Å². The SMILES string of the molecule is Cc1ccc(OCC(=O)NCc2cn(-c3cccnc3)nn2)cc1. The number of amides is 1. The van der Waals surface area contributed by atoms with Gasteiger partial charge in [0, 0.05) is 6.20 Å². The third kappa shape index (κ3) is 4.16. The predicted molar refractivity (Wildman–Crippen MR) is 87.7 cm³/mol. The Bertz CT molecular complexity index is 799. The summed E-state index contributed by atoms with van der Waals surface area (Å²) in [4.78, 5) is 15.9. The van der Waals surface area contributed by atoms with E-state index in [1.165, 1.54) is 0 Å². The maximum atomic E-state index is 11.8. The van der Waals surface area contributed by atoms with E-state index < -0.39 is 0 Å². The van der Waals surface area contributed by atoms with Crippen LogP contribution in [0.15, 0.2) is 55.0 Å². The predicted octanol–water partition coefficient (Wildman–Crippen LogP) is 1.67. The van der Waals surface area contributed by atoms with E-state index in [-0.39, 0.29) is 19.1 Å². The number of nitrogens with zero attached hydrogens (tertiary/aromatic N) is 4. The van der Waals surface area contributed by atoms with Crippen LogP contribution in [0.1, 0.15) is 11.3 Å². The van der Waals surface area contributed by atoms with Gasteiger partial charge in [-0.25, -0.2) is 4.68 Å². The third-order valence-electron chi connectivity index (χ3n) is 3.31. The summed E-state index contributed by atoms with van der Waals surface area (Å²) in [6.07, 6.45) is 5.13. The summed E-state index contributed by atoms with van der Waals surface area (Å²) < 4.78 is 7.03. The van der Waals surface area contributed by atoms with Crippen LogP contribution in [-0.2, 0) is 11.3 Å². The second kappa shape index (κ2) is 7.36. The third-order valence-corrected chi connectivity index (χ3v) is 3.31. The smallest absolute Gasteiger partial charge is 0.258 e. The van der Waals surface area contributed by atoms with Crippen molar-refractivity contribution in [2.24, 2.45) is 0 Å². The first-order chi connectivity index (χ1) is 11.7. The fourth-order valence-corrected chi connectivity index (χ4v) is 2.02. The first-order valence-corrected chi connectivity index (χ1v) is 7.48. The number of benzene rings is 1. The van der Waals surface area contributed by atoms with E-state index in [0.29, 0.717) is 11.4 Å². The molecule has 2 aromatic heterocycles. The number of aryl methyl sites for hydroxylation is 1. The minimum atomic E-state index is -0.216. The van der Waals surface area contributed by atoms with Crippen molar-refractivity contribution in [1.82, 2.24) is 25.3 Å². The molecule has 0 saturated carbocycles. The Morgan fingerprint density at radius 1 is 1.25 bits per heavy atom. The molecule has 0 atom stereocenters. The summed E-state index contributed by atoms with van der Waals surface area (Å²) in [5, 5.41) is 10.8. The average molecular weight is 323 g/mol. The first kappa shape index (κ1) is 15.7. The van der Waals surface area contributed by atoms with Gasteiger partial charge in [0.05, 0.1) is 24.6 Å². The molecule has 3 rings (SSSR count). The standard InChI is InChI=1S/C17H17N5O2/c1-13-4-6-16(7-5-13)24-12-17(23)19-9-14-11-22(21-20-14)15-3-2-8-18-10-15/h2-8,10-11H,9,12H2,1H3,(H,19,23). The molecule has 0 spiro atoms. The van der Waals surface area contributed by atoms with Crippen molar-refractivity contribution in [2.45, 2.75) is 13.5 Å². The van der Waals surface area contributed by atoms with Gasteiger partial charge in [-0.15, -0.1) is 5.10 Å². The van der Waals surface area contributed by atoms with Gasteiger partial charge in [0.1, 0.15) is 11.4 Å². The molecule has 7 heteroatoms. The van der Waals surface area contributed by atoms with Crippen molar-refractivity contribution < 1.29 is 9.53 Å². The zero-order chi connectivity index (χ0) is 16.8. The normalized spacial score (nSPS) is 10.4. The van der Waals surface area contributed by atoms with Gasteiger partial charge in [-0.1, -0.05) is 22.9 Å². The molecule has 0 unspecified atom stereocenters. The molecule has 3 aromatic rings. The largest absolute Gasteiger partial charge is 0.484 e. The lowest BCUT2D eigenvalue weighted by molar-refractivity contribution is -0.123. The summed E-state index contributed by atoms with van der Waals surface area (Å²) in [5.74, 6) is 0.449. The van der Waals surface area contributed by atoms with Crippen molar-refractivity contribution in [3.05, 3.63) is 66.2 Å². The quantitative estimate of drug-likeness (QED) is 0.746. The van der Waals surface area contributed by atoms with Crippen molar-refractivity contribution >= 4 is 5.91 Å². The molecule has 1 amide bonds. The van der Waals surface area contributed by atoms with Crippen LogP contribution in [0.25, 0.3) is 5.69 Å². The number of carbonyl (C=O) groups is 1. The first-order valence-electron chi connectivity index (χ1n) is 7.48. The molecule has 7 nitrogen and oxygen atoms in total. The molecule has 0 aliphatic heterocycles. The molecule has 0 bridgehead atoms. The van der Waals surface area contributed by atoms with Crippen LogP contribution >= 0.6 is 0 Å². The Hall–Kier alpha value is -3.22. The molecule has 0 radical (unpaired) electrons. The van der Waals surface area contributed by atoms with E-state index in [0.717, 1.165) is 11.3 Å². The van der Waals surface area contributed by atoms with Crippen LogP contribution in [0.3, 0.4) is 0 Å². The summed E-state index contributed by atoms with van der Waals surface area (Å²) in [6.45, 7) is 2.24. The van der Waals surface area contributed by atoms with Gasteiger partial charge >= 0.3 is 0 Å². The zero-order valence-electron chi connectivity index (χ0n) is 13.2. The number of hydrogen-bond donors (Lipinski definition) is 1. The summed E-state index contributed by atoms with van der Waals surface area (Å²) in [5.41, 5.74) is 2.61. The highest BCUT2D eigenvalue weighted by Crippen LogP contribution is 2.11. The highest BCUT2D eigenvalue weighted by Gasteiger charge is 2.06. The lowest BCUT2D eigenvalue weighted by Gasteiger charge is -2.06. The molecule has 0 aliphatic rings.